The van der Waals surface area contributed by atoms with Crippen molar-refractivity contribution in [3.63, 3.8) is 0 Å². The van der Waals surface area contributed by atoms with E-state index in [-0.39, 0.29) is 11.3 Å². The number of esters is 1. The molecule has 3 rings (SSSR count). The molecule has 0 aliphatic rings. The molecule has 0 unspecified atom stereocenters. The van der Waals surface area contributed by atoms with Gasteiger partial charge in [0.05, 0.1) is 10.5 Å². The number of benzene rings is 3. The Morgan fingerprint density at radius 1 is 1.00 bits per heavy atom. The molecule has 0 bridgehead atoms. The first-order valence-corrected chi connectivity index (χ1v) is 9.28. The summed E-state index contributed by atoms with van der Waals surface area (Å²) in [5.41, 5.74) is 2.61. The predicted molar refractivity (Wildman–Crippen MR) is 113 cm³/mol. The maximum Gasteiger partial charge on any atom is 0.339 e. The number of hydrogen-bond acceptors (Lipinski definition) is 5. The number of aryl methyl sites for hydroxylation is 1. The summed E-state index contributed by atoms with van der Waals surface area (Å²) in [6.45, 7) is 3.02. The summed E-state index contributed by atoms with van der Waals surface area (Å²) < 4.78 is 5.22. The van der Waals surface area contributed by atoms with E-state index in [1.54, 1.807) is 19.1 Å². The normalized spacial score (nSPS) is 11.4. The highest BCUT2D eigenvalue weighted by Crippen LogP contribution is 2.28. The third-order valence-corrected chi connectivity index (χ3v) is 4.56. The first-order valence-electron chi connectivity index (χ1n) is 9.28. The van der Waals surface area contributed by atoms with Gasteiger partial charge < -0.3 is 10.1 Å². The van der Waals surface area contributed by atoms with Crippen molar-refractivity contribution >= 4 is 23.3 Å². The summed E-state index contributed by atoms with van der Waals surface area (Å²) in [5.74, 6) is -1.31. The van der Waals surface area contributed by atoms with Crippen molar-refractivity contribution in [3.8, 4) is 11.1 Å². The topological polar surface area (TPSA) is 98.5 Å². The summed E-state index contributed by atoms with van der Waals surface area (Å²) >= 11 is 0. The molecule has 1 atom stereocenters. The molecule has 0 saturated heterocycles. The summed E-state index contributed by atoms with van der Waals surface area (Å²) in [4.78, 5) is 35.5. The van der Waals surface area contributed by atoms with E-state index >= 15 is 0 Å². The maximum atomic E-state index is 12.6. The third-order valence-electron chi connectivity index (χ3n) is 4.56. The minimum Gasteiger partial charge on any atom is -0.449 e. The average Bonchev–Trinajstić information content (AvgIpc) is 2.74. The molecule has 0 aliphatic heterocycles. The van der Waals surface area contributed by atoms with Crippen LogP contribution in [-0.2, 0) is 9.53 Å². The van der Waals surface area contributed by atoms with Gasteiger partial charge >= 0.3 is 5.97 Å². The number of para-hydroxylation sites is 1. The largest absolute Gasteiger partial charge is 0.449 e. The van der Waals surface area contributed by atoms with Gasteiger partial charge in [0.15, 0.2) is 6.10 Å². The van der Waals surface area contributed by atoms with E-state index in [1.807, 2.05) is 42.5 Å². The van der Waals surface area contributed by atoms with Gasteiger partial charge in [-0.05, 0) is 31.5 Å². The Bertz CT molecular complexity index is 1100. The molecular formula is C23H20N2O5. The van der Waals surface area contributed by atoms with Crippen LogP contribution in [0, 0.1) is 17.0 Å². The van der Waals surface area contributed by atoms with Crippen LogP contribution in [-0.4, -0.2) is 22.9 Å². The number of ether oxygens (including phenoxy) is 1. The summed E-state index contributed by atoms with van der Waals surface area (Å²) in [7, 11) is 0. The molecule has 0 aromatic heterocycles. The predicted octanol–water partition coefficient (Wildman–Crippen LogP) is 4.75. The second-order valence-corrected chi connectivity index (χ2v) is 6.71. The molecule has 0 radical (unpaired) electrons. The van der Waals surface area contributed by atoms with E-state index < -0.39 is 22.9 Å². The summed E-state index contributed by atoms with van der Waals surface area (Å²) in [6.07, 6.45) is -1.10. The Kier molecular flexibility index (Phi) is 6.22. The lowest BCUT2D eigenvalue weighted by Crippen LogP contribution is -2.30. The fourth-order valence-electron chi connectivity index (χ4n) is 2.91. The van der Waals surface area contributed by atoms with Crippen LogP contribution in [0.4, 0.5) is 11.4 Å². The van der Waals surface area contributed by atoms with Crippen molar-refractivity contribution in [1.29, 1.82) is 0 Å². The van der Waals surface area contributed by atoms with E-state index in [9.17, 15) is 19.7 Å². The zero-order valence-corrected chi connectivity index (χ0v) is 16.5. The second-order valence-electron chi connectivity index (χ2n) is 6.71. The van der Waals surface area contributed by atoms with Crippen LogP contribution in [0.3, 0.4) is 0 Å². The molecule has 152 valence electrons. The number of anilines is 1. The molecular weight excluding hydrogens is 384 g/mol. The van der Waals surface area contributed by atoms with Gasteiger partial charge in [0.2, 0.25) is 0 Å². The Morgan fingerprint density at radius 2 is 1.67 bits per heavy atom. The van der Waals surface area contributed by atoms with E-state index in [0.29, 0.717) is 11.3 Å². The molecule has 7 heteroatoms. The third kappa shape index (κ3) is 4.70. The molecule has 3 aromatic rings. The quantitative estimate of drug-likeness (QED) is 0.363. The number of nitro groups is 1. The molecule has 0 aliphatic carbocycles. The Labute approximate surface area is 173 Å². The van der Waals surface area contributed by atoms with Crippen molar-refractivity contribution in [2.24, 2.45) is 0 Å². The van der Waals surface area contributed by atoms with Crippen LogP contribution < -0.4 is 5.32 Å². The summed E-state index contributed by atoms with van der Waals surface area (Å²) in [6, 6.07) is 20.9. The van der Waals surface area contributed by atoms with Crippen LogP contribution >= 0.6 is 0 Å². The number of nitro benzene ring substituents is 1. The van der Waals surface area contributed by atoms with Gasteiger partial charge in [-0.1, -0.05) is 54.6 Å². The van der Waals surface area contributed by atoms with Gasteiger partial charge in [-0.2, -0.15) is 0 Å². The number of nitrogens with one attached hydrogen (secondary N) is 1. The fourth-order valence-corrected chi connectivity index (χ4v) is 2.91. The van der Waals surface area contributed by atoms with Gasteiger partial charge in [-0.3, -0.25) is 14.9 Å². The lowest BCUT2D eigenvalue weighted by molar-refractivity contribution is -0.385. The van der Waals surface area contributed by atoms with Crippen molar-refractivity contribution in [1.82, 2.24) is 0 Å². The van der Waals surface area contributed by atoms with Crippen LogP contribution in [0.25, 0.3) is 11.1 Å². The zero-order chi connectivity index (χ0) is 21.7. The van der Waals surface area contributed by atoms with E-state index in [1.165, 1.54) is 19.1 Å². The van der Waals surface area contributed by atoms with Gasteiger partial charge in [0.25, 0.3) is 11.6 Å². The highest BCUT2D eigenvalue weighted by molar-refractivity contribution is 6.00. The first-order chi connectivity index (χ1) is 14.4. The SMILES string of the molecule is Cc1ccc(C(=O)O[C@@H](C)C(=O)Nc2ccccc2-c2ccccc2)cc1[N+](=O)[O-]. The fraction of sp³-hybridized carbons (Fsp3) is 0.130. The molecule has 7 nitrogen and oxygen atoms in total. The van der Waals surface area contributed by atoms with Crippen LogP contribution in [0.1, 0.15) is 22.8 Å². The van der Waals surface area contributed by atoms with Crippen LogP contribution in [0.15, 0.2) is 72.8 Å². The van der Waals surface area contributed by atoms with Crippen molar-refractivity contribution < 1.29 is 19.2 Å². The number of carbonyl (C=O) groups is 2. The first kappa shape index (κ1) is 20.7. The second kappa shape index (κ2) is 9.00. The Hall–Kier alpha value is -4.00. The molecule has 1 N–H and O–H groups in total. The van der Waals surface area contributed by atoms with E-state index in [2.05, 4.69) is 5.32 Å². The number of amides is 1. The van der Waals surface area contributed by atoms with Gasteiger partial charge in [0, 0.05) is 22.9 Å². The number of nitrogens with zero attached hydrogens (tertiary/aromatic N) is 1. The smallest absolute Gasteiger partial charge is 0.339 e. The van der Waals surface area contributed by atoms with Crippen molar-refractivity contribution in [2.45, 2.75) is 20.0 Å². The lowest BCUT2D eigenvalue weighted by Gasteiger charge is -2.16. The molecule has 0 fully saturated rings. The Morgan fingerprint density at radius 3 is 2.37 bits per heavy atom. The van der Waals surface area contributed by atoms with Gasteiger partial charge in [-0.15, -0.1) is 0 Å². The van der Waals surface area contributed by atoms with Gasteiger partial charge in [-0.25, -0.2) is 4.79 Å². The molecule has 1 amide bonds. The van der Waals surface area contributed by atoms with E-state index in [4.69, 9.17) is 4.74 Å². The molecule has 30 heavy (non-hydrogen) atoms. The lowest BCUT2D eigenvalue weighted by atomic mass is 10.0. The van der Waals surface area contributed by atoms with Crippen LogP contribution in [0.2, 0.25) is 0 Å². The number of carbonyl (C=O) groups excluding carboxylic acids is 2. The highest BCUT2D eigenvalue weighted by Gasteiger charge is 2.22. The number of hydrogen-bond donors (Lipinski definition) is 1. The number of rotatable bonds is 6. The Balaban J connectivity index is 1.73. The highest BCUT2D eigenvalue weighted by atomic mass is 16.6. The zero-order valence-electron chi connectivity index (χ0n) is 16.5. The standard InChI is InChI=1S/C23H20N2O5/c1-15-12-13-18(14-21(15)25(28)29)23(27)30-16(2)22(26)24-20-11-7-6-10-19(20)17-8-4-3-5-9-17/h3-14,16H,1-2H3,(H,24,26)/t16-/m0/s1. The average molecular weight is 404 g/mol. The minimum atomic E-state index is -1.10. The molecule has 0 spiro atoms. The maximum absolute atomic E-state index is 12.6. The molecule has 0 saturated carbocycles. The minimum absolute atomic E-state index is 0.0108. The van der Waals surface area contributed by atoms with E-state index in [0.717, 1.165) is 17.2 Å². The molecule has 3 aromatic carbocycles. The summed E-state index contributed by atoms with van der Waals surface area (Å²) in [5, 5.41) is 13.8. The monoisotopic (exact) mass is 404 g/mol. The molecule has 0 heterocycles. The van der Waals surface area contributed by atoms with Crippen LogP contribution in [0.5, 0.6) is 0 Å². The van der Waals surface area contributed by atoms with Crippen molar-refractivity contribution in [2.75, 3.05) is 5.32 Å². The van der Waals surface area contributed by atoms with Crippen molar-refractivity contribution in [3.05, 3.63) is 94.0 Å². The van der Waals surface area contributed by atoms with Gasteiger partial charge in [0.1, 0.15) is 0 Å².